The van der Waals surface area contributed by atoms with Crippen LogP contribution >= 0.6 is 0 Å². The van der Waals surface area contributed by atoms with Crippen molar-refractivity contribution in [1.82, 2.24) is 5.32 Å². The highest BCUT2D eigenvalue weighted by atomic mass is 14.9. The molecule has 0 aromatic heterocycles. The van der Waals surface area contributed by atoms with E-state index in [0.29, 0.717) is 0 Å². The van der Waals surface area contributed by atoms with Gasteiger partial charge in [0.2, 0.25) is 0 Å². The second-order valence-electron chi connectivity index (χ2n) is 3.92. The first-order valence-electron chi connectivity index (χ1n) is 4.55. The lowest BCUT2D eigenvalue weighted by Crippen LogP contribution is -2.43. The predicted molar refractivity (Wildman–Crippen MR) is 42.8 cm³/mol. The van der Waals surface area contributed by atoms with Crippen LogP contribution in [0.1, 0.15) is 20.3 Å². The highest BCUT2D eigenvalue weighted by molar-refractivity contribution is 4.99. The van der Waals surface area contributed by atoms with Crippen LogP contribution in [0.4, 0.5) is 0 Å². The van der Waals surface area contributed by atoms with Gasteiger partial charge in [0.25, 0.3) is 0 Å². The fraction of sp³-hybridized carbons (Fsp3) is 1.00. The molecule has 0 radical (unpaired) electrons. The third kappa shape index (κ3) is 0.672. The van der Waals surface area contributed by atoms with Crippen molar-refractivity contribution in [2.45, 2.75) is 20.3 Å². The lowest BCUT2D eigenvalue weighted by Gasteiger charge is -2.46. The second kappa shape index (κ2) is 2.23. The SMILES string of the molecule is CCC1C2CNC[C@H]2[C@@H]1C. The average molecular weight is 139 g/mol. The van der Waals surface area contributed by atoms with Crippen molar-refractivity contribution in [2.75, 3.05) is 13.1 Å². The minimum absolute atomic E-state index is 1.00. The molecule has 1 saturated heterocycles. The van der Waals surface area contributed by atoms with Gasteiger partial charge in [-0.3, -0.25) is 0 Å². The minimum Gasteiger partial charge on any atom is -0.316 e. The van der Waals surface area contributed by atoms with Crippen molar-refractivity contribution in [3.05, 3.63) is 0 Å². The molecule has 4 atom stereocenters. The van der Waals surface area contributed by atoms with Crippen LogP contribution in [-0.4, -0.2) is 13.1 Å². The molecule has 1 saturated carbocycles. The van der Waals surface area contributed by atoms with E-state index in [1.54, 1.807) is 0 Å². The van der Waals surface area contributed by atoms with Crippen molar-refractivity contribution in [1.29, 1.82) is 0 Å². The minimum atomic E-state index is 1.00. The van der Waals surface area contributed by atoms with Crippen LogP contribution in [0.2, 0.25) is 0 Å². The zero-order chi connectivity index (χ0) is 7.14. The zero-order valence-electron chi connectivity index (χ0n) is 6.93. The van der Waals surface area contributed by atoms with Gasteiger partial charge < -0.3 is 5.32 Å². The quantitative estimate of drug-likeness (QED) is 0.580. The largest absolute Gasteiger partial charge is 0.316 e. The van der Waals surface area contributed by atoms with Gasteiger partial charge in [-0.05, 0) is 36.8 Å². The van der Waals surface area contributed by atoms with Gasteiger partial charge in [-0.15, -0.1) is 0 Å². The lowest BCUT2D eigenvalue weighted by atomic mass is 9.58. The van der Waals surface area contributed by atoms with Gasteiger partial charge >= 0.3 is 0 Å². The van der Waals surface area contributed by atoms with Gasteiger partial charge in [-0.1, -0.05) is 20.3 Å². The average Bonchev–Trinajstić information content (AvgIpc) is 2.33. The molecule has 0 aromatic rings. The van der Waals surface area contributed by atoms with Crippen molar-refractivity contribution in [3.8, 4) is 0 Å². The second-order valence-corrected chi connectivity index (χ2v) is 3.92. The Morgan fingerprint density at radius 1 is 1.30 bits per heavy atom. The number of fused-ring (bicyclic) bond motifs is 1. The van der Waals surface area contributed by atoms with Crippen LogP contribution in [-0.2, 0) is 0 Å². The summed E-state index contributed by atoms with van der Waals surface area (Å²) in [6, 6.07) is 0. The Kier molecular flexibility index (Phi) is 1.48. The van der Waals surface area contributed by atoms with Crippen LogP contribution in [0.25, 0.3) is 0 Å². The Bertz CT molecular complexity index is 133. The Hall–Kier alpha value is -0.0400. The Balaban J connectivity index is 2.01. The molecule has 1 heterocycles. The first-order valence-corrected chi connectivity index (χ1v) is 4.55. The maximum absolute atomic E-state index is 3.48. The smallest absolute Gasteiger partial charge is 0.00144 e. The summed E-state index contributed by atoms with van der Waals surface area (Å²) in [7, 11) is 0. The van der Waals surface area contributed by atoms with Crippen molar-refractivity contribution in [3.63, 3.8) is 0 Å². The van der Waals surface area contributed by atoms with Gasteiger partial charge in [0.15, 0.2) is 0 Å². The van der Waals surface area contributed by atoms with Gasteiger partial charge in [0.1, 0.15) is 0 Å². The number of hydrogen-bond donors (Lipinski definition) is 1. The van der Waals surface area contributed by atoms with E-state index in [-0.39, 0.29) is 0 Å². The molecule has 0 spiro atoms. The fourth-order valence-electron chi connectivity index (χ4n) is 3.00. The molecule has 1 aliphatic heterocycles. The fourth-order valence-corrected chi connectivity index (χ4v) is 3.00. The number of rotatable bonds is 1. The standard InChI is InChI=1S/C9H17N/c1-3-7-6(2)8-4-10-5-9(7)8/h6-10H,3-5H2,1-2H3/t6-,7?,8+,9?/m1/s1. The molecule has 2 fully saturated rings. The Labute approximate surface area is 63.2 Å². The lowest BCUT2D eigenvalue weighted by molar-refractivity contribution is 0.0284. The van der Waals surface area contributed by atoms with Gasteiger partial charge in [-0.25, -0.2) is 0 Å². The molecule has 0 amide bonds. The van der Waals surface area contributed by atoms with E-state index >= 15 is 0 Å². The third-order valence-corrected chi connectivity index (χ3v) is 3.68. The normalized spacial score (nSPS) is 52.2. The van der Waals surface area contributed by atoms with E-state index in [2.05, 4.69) is 19.2 Å². The molecule has 0 aromatic carbocycles. The third-order valence-electron chi connectivity index (χ3n) is 3.68. The number of nitrogens with one attached hydrogen (secondary N) is 1. The molecule has 1 aliphatic carbocycles. The molecule has 10 heavy (non-hydrogen) atoms. The predicted octanol–water partition coefficient (Wildman–Crippen LogP) is 1.50. The van der Waals surface area contributed by atoms with Gasteiger partial charge in [-0.2, -0.15) is 0 Å². The molecule has 1 N–H and O–H groups in total. The highest BCUT2D eigenvalue weighted by Crippen LogP contribution is 2.49. The molecule has 2 unspecified atom stereocenters. The molecular formula is C9H17N. The van der Waals surface area contributed by atoms with Crippen LogP contribution in [0.5, 0.6) is 0 Å². The summed E-state index contributed by atoms with van der Waals surface area (Å²) in [5, 5.41) is 3.48. The van der Waals surface area contributed by atoms with E-state index in [4.69, 9.17) is 0 Å². The Morgan fingerprint density at radius 2 is 2.00 bits per heavy atom. The first kappa shape index (κ1) is 6.66. The summed E-state index contributed by atoms with van der Waals surface area (Å²) in [5.41, 5.74) is 0. The van der Waals surface area contributed by atoms with E-state index < -0.39 is 0 Å². The Morgan fingerprint density at radius 3 is 2.70 bits per heavy atom. The van der Waals surface area contributed by atoms with E-state index in [0.717, 1.165) is 23.7 Å². The maximum Gasteiger partial charge on any atom is -0.00144 e. The zero-order valence-corrected chi connectivity index (χ0v) is 6.93. The molecule has 0 bridgehead atoms. The van der Waals surface area contributed by atoms with Crippen molar-refractivity contribution < 1.29 is 0 Å². The topological polar surface area (TPSA) is 12.0 Å². The van der Waals surface area contributed by atoms with Crippen molar-refractivity contribution >= 4 is 0 Å². The molecule has 1 heteroatoms. The van der Waals surface area contributed by atoms with E-state index in [9.17, 15) is 0 Å². The number of hydrogen-bond acceptors (Lipinski definition) is 1. The van der Waals surface area contributed by atoms with Crippen LogP contribution in [0.3, 0.4) is 0 Å². The molecule has 2 aliphatic rings. The highest BCUT2D eigenvalue weighted by Gasteiger charge is 2.48. The molecule has 58 valence electrons. The van der Waals surface area contributed by atoms with Gasteiger partial charge in [0, 0.05) is 0 Å². The summed E-state index contributed by atoms with van der Waals surface area (Å²) in [6.45, 7) is 7.34. The monoisotopic (exact) mass is 139 g/mol. The summed E-state index contributed by atoms with van der Waals surface area (Å²) in [5.74, 6) is 4.12. The molecule has 1 nitrogen and oxygen atoms in total. The van der Waals surface area contributed by atoms with E-state index in [1.165, 1.54) is 19.5 Å². The summed E-state index contributed by atoms with van der Waals surface area (Å²) in [4.78, 5) is 0. The van der Waals surface area contributed by atoms with E-state index in [1.807, 2.05) is 0 Å². The molecular weight excluding hydrogens is 122 g/mol. The van der Waals surface area contributed by atoms with Gasteiger partial charge in [0.05, 0.1) is 0 Å². The first-order chi connectivity index (χ1) is 4.84. The summed E-state index contributed by atoms with van der Waals surface area (Å²) >= 11 is 0. The van der Waals surface area contributed by atoms with Crippen LogP contribution in [0.15, 0.2) is 0 Å². The summed E-state index contributed by atoms with van der Waals surface area (Å²) in [6.07, 6.45) is 1.39. The maximum atomic E-state index is 3.48. The van der Waals surface area contributed by atoms with Crippen LogP contribution in [0, 0.1) is 23.7 Å². The van der Waals surface area contributed by atoms with Crippen LogP contribution < -0.4 is 5.32 Å². The molecule has 2 rings (SSSR count). The summed E-state index contributed by atoms with van der Waals surface area (Å²) < 4.78 is 0. The van der Waals surface area contributed by atoms with Crippen molar-refractivity contribution in [2.24, 2.45) is 23.7 Å².